The third-order valence-corrected chi connectivity index (χ3v) is 3.59. The molecular formula is C18H20O4. The van der Waals surface area contributed by atoms with Crippen LogP contribution in [0.3, 0.4) is 0 Å². The van der Waals surface area contributed by atoms with Crippen LogP contribution in [-0.2, 0) is 12.8 Å². The standard InChI is InChI=1S/C18H20O4/c1-21-16-9-10-18(22-2)15(11-16)8-5-13-3-6-14(7-4-13)17(20)12-19/h3-4,6-7,9-11,19H,5,8,12H2,1-2H3. The van der Waals surface area contributed by atoms with Crippen LogP contribution < -0.4 is 9.47 Å². The average molecular weight is 300 g/mol. The zero-order valence-electron chi connectivity index (χ0n) is 12.8. The largest absolute Gasteiger partial charge is 0.497 e. The summed E-state index contributed by atoms with van der Waals surface area (Å²) < 4.78 is 10.6. The number of carbonyl (C=O) groups is 1. The lowest BCUT2D eigenvalue weighted by Gasteiger charge is -2.10. The van der Waals surface area contributed by atoms with Crippen molar-refractivity contribution in [3.05, 3.63) is 59.2 Å². The molecule has 0 aromatic heterocycles. The molecule has 4 nitrogen and oxygen atoms in total. The van der Waals surface area contributed by atoms with Gasteiger partial charge in [0.2, 0.25) is 0 Å². The number of hydrogen-bond acceptors (Lipinski definition) is 4. The minimum Gasteiger partial charge on any atom is -0.497 e. The Morgan fingerprint density at radius 2 is 1.73 bits per heavy atom. The smallest absolute Gasteiger partial charge is 0.188 e. The number of Topliss-reactive ketones (excluding diaryl/α,β-unsaturated/α-hetero) is 1. The minimum absolute atomic E-state index is 0.263. The Balaban J connectivity index is 2.08. The summed E-state index contributed by atoms with van der Waals surface area (Å²) in [6.07, 6.45) is 1.64. The van der Waals surface area contributed by atoms with Gasteiger partial charge in [0, 0.05) is 5.56 Å². The number of ketones is 1. The van der Waals surface area contributed by atoms with Crippen molar-refractivity contribution in [3.63, 3.8) is 0 Å². The van der Waals surface area contributed by atoms with E-state index in [1.165, 1.54) is 0 Å². The van der Waals surface area contributed by atoms with E-state index in [-0.39, 0.29) is 5.78 Å². The second kappa shape index (κ2) is 7.61. The molecule has 0 aliphatic heterocycles. The van der Waals surface area contributed by atoms with Crippen LogP contribution in [0.4, 0.5) is 0 Å². The molecule has 2 aromatic rings. The number of rotatable bonds is 7. The summed E-state index contributed by atoms with van der Waals surface area (Å²) in [5.74, 6) is 1.38. The Morgan fingerprint density at radius 3 is 2.32 bits per heavy atom. The van der Waals surface area contributed by atoms with Gasteiger partial charge in [-0.05, 0) is 42.2 Å². The summed E-state index contributed by atoms with van der Waals surface area (Å²) in [6.45, 7) is -0.458. The first-order valence-corrected chi connectivity index (χ1v) is 7.12. The van der Waals surface area contributed by atoms with Crippen molar-refractivity contribution in [3.8, 4) is 11.5 Å². The molecule has 0 atom stereocenters. The maximum Gasteiger partial charge on any atom is 0.188 e. The van der Waals surface area contributed by atoms with Gasteiger partial charge in [-0.2, -0.15) is 0 Å². The highest BCUT2D eigenvalue weighted by Gasteiger charge is 2.07. The molecule has 4 heteroatoms. The fourth-order valence-electron chi connectivity index (χ4n) is 2.30. The van der Waals surface area contributed by atoms with Gasteiger partial charge in [0.25, 0.3) is 0 Å². The second-order valence-corrected chi connectivity index (χ2v) is 4.96. The van der Waals surface area contributed by atoms with Crippen LogP contribution in [0.1, 0.15) is 21.5 Å². The summed E-state index contributed by atoms with van der Waals surface area (Å²) in [6, 6.07) is 13.1. The topological polar surface area (TPSA) is 55.8 Å². The van der Waals surface area contributed by atoms with E-state index in [1.807, 2.05) is 30.3 Å². The van der Waals surface area contributed by atoms with E-state index < -0.39 is 6.61 Å². The van der Waals surface area contributed by atoms with Crippen LogP contribution in [0.2, 0.25) is 0 Å². The highest BCUT2D eigenvalue weighted by atomic mass is 16.5. The molecular weight excluding hydrogens is 280 g/mol. The lowest BCUT2D eigenvalue weighted by atomic mass is 10.0. The van der Waals surface area contributed by atoms with Gasteiger partial charge in [-0.3, -0.25) is 4.79 Å². The second-order valence-electron chi connectivity index (χ2n) is 4.96. The summed E-state index contributed by atoms with van der Waals surface area (Å²) in [5.41, 5.74) is 2.74. The first-order valence-electron chi connectivity index (χ1n) is 7.12. The van der Waals surface area contributed by atoms with Gasteiger partial charge >= 0.3 is 0 Å². The van der Waals surface area contributed by atoms with Gasteiger partial charge in [-0.15, -0.1) is 0 Å². The molecule has 2 rings (SSSR count). The van der Waals surface area contributed by atoms with E-state index in [9.17, 15) is 4.79 Å². The lowest BCUT2D eigenvalue weighted by molar-refractivity contribution is 0.0903. The van der Waals surface area contributed by atoms with E-state index in [1.54, 1.807) is 26.4 Å². The highest BCUT2D eigenvalue weighted by Crippen LogP contribution is 2.25. The highest BCUT2D eigenvalue weighted by molar-refractivity contribution is 5.96. The molecule has 0 spiro atoms. The van der Waals surface area contributed by atoms with Gasteiger partial charge in [-0.25, -0.2) is 0 Å². The third-order valence-electron chi connectivity index (χ3n) is 3.59. The first kappa shape index (κ1) is 16.0. The molecule has 0 bridgehead atoms. The number of aryl methyl sites for hydroxylation is 2. The van der Waals surface area contributed by atoms with Crippen molar-refractivity contribution in [2.75, 3.05) is 20.8 Å². The van der Waals surface area contributed by atoms with Crippen LogP contribution >= 0.6 is 0 Å². The van der Waals surface area contributed by atoms with Crippen LogP contribution in [0.25, 0.3) is 0 Å². The normalized spacial score (nSPS) is 10.3. The lowest BCUT2D eigenvalue weighted by Crippen LogP contribution is -2.04. The van der Waals surface area contributed by atoms with Crippen molar-refractivity contribution in [2.45, 2.75) is 12.8 Å². The number of carbonyl (C=O) groups excluding carboxylic acids is 1. The Labute approximate surface area is 130 Å². The maximum atomic E-state index is 11.4. The third kappa shape index (κ3) is 3.86. The predicted molar refractivity (Wildman–Crippen MR) is 84.8 cm³/mol. The SMILES string of the molecule is COc1ccc(OC)c(CCc2ccc(C(=O)CO)cc2)c1. The molecule has 0 aliphatic carbocycles. The fourth-order valence-corrected chi connectivity index (χ4v) is 2.30. The van der Waals surface area contributed by atoms with Gasteiger partial charge in [0.1, 0.15) is 18.1 Å². The van der Waals surface area contributed by atoms with E-state index in [4.69, 9.17) is 14.6 Å². The van der Waals surface area contributed by atoms with Gasteiger partial charge in [-0.1, -0.05) is 24.3 Å². The molecule has 22 heavy (non-hydrogen) atoms. The molecule has 0 unspecified atom stereocenters. The van der Waals surface area contributed by atoms with Crippen LogP contribution in [0.5, 0.6) is 11.5 Å². The molecule has 1 N–H and O–H groups in total. The Hall–Kier alpha value is -2.33. The van der Waals surface area contributed by atoms with Crippen LogP contribution in [0, 0.1) is 0 Å². The molecule has 0 aliphatic rings. The number of aliphatic hydroxyl groups excluding tert-OH is 1. The molecule has 0 amide bonds. The summed E-state index contributed by atoms with van der Waals surface area (Å²) >= 11 is 0. The molecule has 116 valence electrons. The fraction of sp³-hybridized carbons (Fsp3) is 0.278. The maximum absolute atomic E-state index is 11.4. The number of ether oxygens (including phenoxy) is 2. The zero-order valence-corrected chi connectivity index (χ0v) is 12.8. The van der Waals surface area contributed by atoms with E-state index in [0.717, 1.165) is 35.5 Å². The Kier molecular flexibility index (Phi) is 5.55. The summed E-state index contributed by atoms with van der Waals surface area (Å²) in [5, 5.41) is 8.84. The first-order chi connectivity index (χ1) is 10.7. The molecule has 0 saturated carbocycles. The Morgan fingerprint density at radius 1 is 1.00 bits per heavy atom. The van der Waals surface area contributed by atoms with Crippen molar-refractivity contribution in [2.24, 2.45) is 0 Å². The van der Waals surface area contributed by atoms with Crippen molar-refractivity contribution in [1.82, 2.24) is 0 Å². The Bertz CT molecular complexity index is 632. The average Bonchev–Trinajstić information content (AvgIpc) is 2.59. The quantitative estimate of drug-likeness (QED) is 0.799. The number of methoxy groups -OCH3 is 2. The summed E-state index contributed by atoms with van der Waals surface area (Å²) in [7, 11) is 3.29. The van der Waals surface area contributed by atoms with E-state index in [2.05, 4.69) is 0 Å². The molecule has 0 fully saturated rings. The number of hydrogen-bond donors (Lipinski definition) is 1. The zero-order chi connectivity index (χ0) is 15.9. The minimum atomic E-state index is -0.458. The van der Waals surface area contributed by atoms with Crippen LogP contribution in [-0.4, -0.2) is 31.7 Å². The van der Waals surface area contributed by atoms with Crippen molar-refractivity contribution >= 4 is 5.78 Å². The van der Waals surface area contributed by atoms with E-state index in [0.29, 0.717) is 5.56 Å². The predicted octanol–water partition coefficient (Wildman–Crippen LogP) is 2.66. The molecule has 2 aromatic carbocycles. The molecule has 0 saturated heterocycles. The van der Waals surface area contributed by atoms with Gasteiger partial charge in [0.05, 0.1) is 14.2 Å². The molecule has 0 radical (unpaired) electrons. The monoisotopic (exact) mass is 300 g/mol. The summed E-state index contributed by atoms with van der Waals surface area (Å²) in [4.78, 5) is 11.4. The van der Waals surface area contributed by atoms with Crippen molar-refractivity contribution in [1.29, 1.82) is 0 Å². The molecule has 0 heterocycles. The van der Waals surface area contributed by atoms with E-state index >= 15 is 0 Å². The van der Waals surface area contributed by atoms with Gasteiger partial charge in [0.15, 0.2) is 5.78 Å². The number of aliphatic hydroxyl groups is 1. The van der Waals surface area contributed by atoms with Crippen LogP contribution in [0.15, 0.2) is 42.5 Å². The van der Waals surface area contributed by atoms with Gasteiger partial charge < -0.3 is 14.6 Å². The van der Waals surface area contributed by atoms with Crippen molar-refractivity contribution < 1.29 is 19.4 Å². The number of benzene rings is 2.